The van der Waals surface area contributed by atoms with E-state index in [1.807, 2.05) is 30.3 Å². The highest BCUT2D eigenvalue weighted by molar-refractivity contribution is 7.98. The van der Waals surface area contributed by atoms with E-state index >= 15 is 0 Å². The molecule has 0 saturated heterocycles. The number of carbonyl (C=O) groups is 1. The molecule has 140 valence electrons. The summed E-state index contributed by atoms with van der Waals surface area (Å²) in [4.78, 5) is 16.2. The van der Waals surface area contributed by atoms with E-state index in [1.54, 1.807) is 0 Å². The number of aromatic nitrogens is 3. The summed E-state index contributed by atoms with van der Waals surface area (Å²) in [6, 6.07) is 14.3. The molecule has 5 nitrogen and oxygen atoms in total. The Kier molecular flexibility index (Phi) is 5.80. The standard InChI is InChI=1S/C18H15F3N4OS/c19-18(20,21)14-7-4-8-15(9-14)23-16(26)10-25-12-22-17(24-25)27-11-13-5-2-1-3-6-13/h1-9,12H,10-11H2,(H,23,26). The van der Waals surface area contributed by atoms with E-state index in [-0.39, 0.29) is 12.2 Å². The van der Waals surface area contributed by atoms with Crippen molar-refractivity contribution in [2.75, 3.05) is 5.32 Å². The van der Waals surface area contributed by atoms with Gasteiger partial charge in [-0.2, -0.15) is 13.2 Å². The van der Waals surface area contributed by atoms with Crippen LogP contribution < -0.4 is 5.32 Å². The third kappa shape index (κ3) is 5.58. The molecule has 1 aromatic heterocycles. The fraction of sp³-hybridized carbons (Fsp3) is 0.167. The van der Waals surface area contributed by atoms with E-state index in [1.165, 1.54) is 34.9 Å². The van der Waals surface area contributed by atoms with Crippen LogP contribution in [0.1, 0.15) is 11.1 Å². The number of nitrogens with one attached hydrogen (secondary N) is 1. The van der Waals surface area contributed by atoms with E-state index in [4.69, 9.17) is 0 Å². The van der Waals surface area contributed by atoms with Crippen molar-refractivity contribution in [2.45, 2.75) is 23.6 Å². The summed E-state index contributed by atoms with van der Waals surface area (Å²) in [6.07, 6.45) is -3.05. The molecule has 0 unspecified atom stereocenters. The van der Waals surface area contributed by atoms with Gasteiger partial charge in [-0.25, -0.2) is 9.67 Å². The lowest BCUT2D eigenvalue weighted by molar-refractivity contribution is -0.137. The number of nitrogens with zero attached hydrogens (tertiary/aromatic N) is 3. The SMILES string of the molecule is O=C(Cn1cnc(SCc2ccccc2)n1)Nc1cccc(C(F)(F)F)c1. The Morgan fingerprint density at radius 2 is 1.89 bits per heavy atom. The predicted molar refractivity (Wildman–Crippen MR) is 96.1 cm³/mol. The molecule has 0 aliphatic carbocycles. The Bertz CT molecular complexity index is 912. The number of hydrogen-bond acceptors (Lipinski definition) is 4. The number of carbonyl (C=O) groups excluding carboxylic acids is 1. The van der Waals surface area contributed by atoms with Gasteiger partial charge >= 0.3 is 6.18 Å². The minimum atomic E-state index is -4.46. The number of halogens is 3. The number of anilines is 1. The summed E-state index contributed by atoms with van der Waals surface area (Å²) < 4.78 is 39.5. The Morgan fingerprint density at radius 1 is 1.11 bits per heavy atom. The van der Waals surface area contributed by atoms with Crippen molar-refractivity contribution in [1.82, 2.24) is 14.8 Å². The van der Waals surface area contributed by atoms with Crippen molar-refractivity contribution in [1.29, 1.82) is 0 Å². The van der Waals surface area contributed by atoms with Crippen LogP contribution in [0.4, 0.5) is 18.9 Å². The molecule has 0 saturated carbocycles. The maximum Gasteiger partial charge on any atom is 0.416 e. The van der Waals surface area contributed by atoms with Gasteiger partial charge in [0, 0.05) is 11.4 Å². The average molecular weight is 392 g/mol. The number of hydrogen-bond donors (Lipinski definition) is 1. The predicted octanol–water partition coefficient (Wildman–Crippen LogP) is 4.23. The molecule has 1 amide bonds. The Hall–Kier alpha value is -2.81. The zero-order valence-electron chi connectivity index (χ0n) is 14.0. The van der Waals surface area contributed by atoms with Crippen LogP contribution in [0.25, 0.3) is 0 Å². The van der Waals surface area contributed by atoms with Crippen LogP contribution in [0.15, 0.2) is 66.1 Å². The molecular weight excluding hydrogens is 377 g/mol. The minimum Gasteiger partial charge on any atom is -0.324 e. The highest BCUT2D eigenvalue weighted by atomic mass is 32.2. The molecule has 1 heterocycles. The number of benzene rings is 2. The molecule has 0 aliphatic heterocycles. The summed E-state index contributed by atoms with van der Waals surface area (Å²) >= 11 is 1.43. The lowest BCUT2D eigenvalue weighted by Gasteiger charge is -2.09. The van der Waals surface area contributed by atoms with Crippen LogP contribution in [0.5, 0.6) is 0 Å². The van der Waals surface area contributed by atoms with Crippen LogP contribution in [0.3, 0.4) is 0 Å². The fourth-order valence-corrected chi connectivity index (χ4v) is 3.04. The normalized spacial score (nSPS) is 11.4. The second kappa shape index (κ2) is 8.26. The van der Waals surface area contributed by atoms with Crippen LogP contribution >= 0.6 is 11.8 Å². The van der Waals surface area contributed by atoms with Crippen molar-refractivity contribution < 1.29 is 18.0 Å². The van der Waals surface area contributed by atoms with Crippen molar-refractivity contribution in [3.05, 3.63) is 72.1 Å². The zero-order valence-corrected chi connectivity index (χ0v) is 14.8. The molecule has 0 atom stereocenters. The highest BCUT2D eigenvalue weighted by Crippen LogP contribution is 2.30. The van der Waals surface area contributed by atoms with Crippen molar-refractivity contribution in [3.63, 3.8) is 0 Å². The molecule has 3 rings (SSSR count). The maximum atomic E-state index is 12.7. The second-order valence-corrected chi connectivity index (χ2v) is 6.57. The Labute approximate surface area is 157 Å². The van der Waals surface area contributed by atoms with Gasteiger partial charge in [-0.3, -0.25) is 4.79 Å². The zero-order chi connectivity index (χ0) is 19.3. The molecule has 0 fully saturated rings. The molecule has 0 spiro atoms. The van der Waals surface area contributed by atoms with Gasteiger partial charge in [0.2, 0.25) is 11.1 Å². The first-order chi connectivity index (χ1) is 12.9. The highest BCUT2D eigenvalue weighted by Gasteiger charge is 2.30. The molecule has 0 aliphatic rings. The minimum absolute atomic E-state index is 0.0774. The van der Waals surface area contributed by atoms with Crippen LogP contribution in [0.2, 0.25) is 0 Å². The fourth-order valence-electron chi connectivity index (χ4n) is 2.26. The van der Waals surface area contributed by atoms with Gasteiger partial charge < -0.3 is 5.32 Å². The third-order valence-electron chi connectivity index (χ3n) is 3.51. The van der Waals surface area contributed by atoms with Crippen LogP contribution in [-0.4, -0.2) is 20.7 Å². The molecule has 0 radical (unpaired) electrons. The lowest BCUT2D eigenvalue weighted by atomic mass is 10.2. The van der Waals surface area contributed by atoms with E-state index in [9.17, 15) is 18.0 Å². The lowest BCUT2D eigenvalue weighted by Crippen LogP contribution is -2.19. The quantitative estimate of drug-likeness (QED) is 0.638. The molecule has 9 heteroatoms. The van der Waals surface area contributed by atoms with Gasteiger partial charge in [0.15, 0.2) is 0 Å². The molecule has 3 aromatic rings. The first kappa shape index (κ1) is 19.0. The van der Waals surface area contributed by atoms with Gasteiger partial charge in [0.1, 0.15) is 12.9 Å². The smallest absolute Gasteiger partial charge is 0.324 e. The van der Waals surface area contributed by atoms with E-state index in [0.29, 0.717) is 10.9 Å². The Morgan fingerprint density at radius 3 is 2.63 bits per heavy atom. The Balaban J connectivity index is 1.55. The first-order valence-electron chi connectivity index (χ1n) is 7.93. The molecule has 1 N–H and O–H groups in total. The molecule has 2 aromatic carbocycles. The monoisotopic (exact) mass is 392 g/mol. The van der Waals surface area contributed by atoms with E-state index in [0.717, 1.165) is 17.7 Å². The molecule has 0 bridgehead atoms. The van der Waals surface area contributed by atoms with Crippen LogP contribution in [-0.2, 0) is 23.3 Å². The number of amides is 1. The van der Waals surface area contributed by atoms with Gasteiger partial charge in [-0.1, -0.05) is 48.2 Å². The number of thioether (sulfide) groups is 1. The summed E-state index contributed by atoms with van der Waals surface area (Å²) in [5, 5.41) is 7.15. The van der Waals surface area contributed by atoms with Crippen molar-refractivity contribution in [3.8, 4) is 0 Å². The summed E-state index contributed by atoms with van der Waals surface area (Å²) in [5.41, 5.74) is 0.385. The van der Waals surface area contributed by atoms with E-state index in [2.05, 4.69) is 15.4 Å². The largest absolute Gasteiger partial charge is 0.416 e. The molecule has 27 heavy (non-hydrogen) atoms. The van der Waals surface area contributed by atoms with Gasteiger partial charge in [-0.05, 0) is 23.8 Å². The third-order valence-corrected chi connectivity index (χ3v) is 4.43. The second-order valence-electron chi connectivity index (χ2n) is 5.63. The maximum absolute atomic E-state index is 12.7. The first-order valence-corrected chi connectivity index (χ1v) is 8.92. The number of alkyl halides is 3. The van der Waals surface area contributed by atoms with E-state index < -0.39 is 17.6 Å². The summed E-state index contributed by atoms with van der Waals surface area (Å²) in [7, 11) is 0. The number of rotatable bonds is 6. The average Bonchev–Trinajstić information content (AvgIpc) is 3.07. The van der Waals surface area contributed by atoms with Gasteiger partial charge in [-0.15, -0.1) is 5.10 Å². The molecular formula is C18H15F3N4OS. The van der Waals surface area contributed by atoms with Crippen molar-refractivity contribution >= 4 is 23.4 Å². The topological polar surface area (TPSA) is 59.8 Å². The van der Waals surface area contributed by atoms with Crippen molar-refractivity contribution in [2.24, 2.45) is 0 Å². The van der Waals surface area contributed by atoms with Gasteiger partial charge in [0.05, 0.1) is 5.56 Å². The van der Waals surface area contributed by atoms with Crippen LogP contribution in [0, 0.1) is 0 Å². The van der Waals surface area contributed by atoms with Gasteiger partial charge in [0.25, 0.3) is 0 Å². The summed E-state index contributed by atoms with van der Waals surface area (Å²) in [6.45, 7) is -0.144. The summed E-state index contributed by atoms with van der Waals surface area (Å²) in [5.74, 6) is 0.209.